The Morgan fingerprint density at radius 2 is 2.15 bits per heavy atom. The first-order valence-electron chi connectivity index (χ1n) is 8.85. The maximum atomic E-state index is 12.8. The van der Waals surface area contributed by atoms with Crippen LogP contribution in [-0.2, 0) is 19.6 Å². The molecule has 0 radical (unpaired) electrons. The maximum absolute atomic E-state index is 12.8. The van der Waals surface area contributed by atoms with Gasteiger partial charge in [0.25, 0.3) is 0 Å². The van der Waals surface area contributed by atoms with Crippen LogP contribution in [0.3, 0.4) is 0 Å². The van der Waals surface area contributed by atoms with E-state index in [1.54, 1.807) is 18.2 Å². The van der Waals surface area contributed by atoms with Gasteiger partial charge in [0.1, 0.15) is 0 Å². The molecular formula is C17H22BrN3O4S2. The van der Waals surface area contributed by atoms with Crippen molar-refractivity contribution < 1.29 is 17.9 Å². The number of amides is 1. The van der Waals surface area contributed by atoms with Gasteiger partial charge in [-0.1, -0.05) is 47.0 Å². The number of rotatable bonds is 7. The number of unbranched alkanes of at least 4 members (excludes halogenated alkanes) is 1. The Balaban J connectivity index is 1.77. The molecular weight excluding hydrogens is 454 g/mol. The zero-order valence-corrected chi connectivity index (χ0v) is 18.2. The van der Waals surface area contributed by atoms with Crippen LogP contribution >= 0.6 is 27.3 Å². The van der Waals surface area contributed by atoms with Gasteiger partial charge >= 0.3 is 0 Å². The number of ether oxygens (including phenoxy) is 1. The number of anilines is 1. The van der Waals surface area contributed by atoms with Crippen LogP contribution in [0.2, 0.25) is 0 Å². The third-order valence-electron chi connectivity index (χ3n) is 4.29. The molecule has 0 saturated carbocycles. The Bertz CT molecular complexity index is 910. The van der Waals surface area contributed by atoms with E-state index in [2.05, 4.69) is 33.2 Å². The molecule has 2 aromatic rings. The van der Waals surface area contributed by atoms with Gasteiger partial charge in [-0.2, -0.15) is 4.31 Å². The minimum Gasteiger partial charge on any atom is -0.379 e. The summed E-state index contributed by atoms with van der Waals surface area (Å²) in [5.41, 5.74) is 0.663. The summed E-state index contributed by atoms with van der Waals surface area (Å²) in [6.45, 7) is 3.60. The van der Waals surface area contributed by atoms with Crippen molar-refractivity contribution in [1.82, 2.24) is 9.29 Å². The molecule has 1 N–H and O–H groups in total. The maximum Gasteiger partial charge on any atom is 0.243 e. The summed E-state index contributed by atoms with van der Waals surface area (Å²) in [7, 11) is -3.55. The van der Waals surface area contributed by atoms with E-state index < -0.39 is 10.0 Å². The van der Waals surface area contributed by atoms with Crippen LogP contribution in [0.1, 0.15) is 26.2 Å². The number of halogens is 1. The first-order valence-corrected chi connectivity index (χ1v) is 12.0. The van der Waals surface area contributed by atoms with Crippen LogP contribution in [0.25, 0.3) is 10.2 Å². The molecule has 148 valence electrons. The summed E-state index contributed by atoms with van der Waals surface area (Å²) >= 11 is 4.67. The van der Waals surface area contributed by atoms with E-state index in [0.717, 1.165) is 24.0 Å². The summed E-state index contributed by atoms with van der Waals surface area (Å²) in [5.74, 6) is -0.135. The molecule has 1 saturated heterocycles. The van der Waals surface area contributed by atoms with Crippen molar-refractivity contribution in [1.29, 1.82) is 0 Å². The Labute approximate surface area is 171 Å². The Morgan fingerprint density at radius 3 is 2.85 bits per heavy atom. The molecule has 1 fully saturated rings. The van der Waals surface area contributed by atoms with Gasteiger partial charge in [0.05, 0.1) is 33.2 Å². The zero-order chi connectivity index (χ0) is 19.4. The molecule has 1 atom stereocenters. The lowest BCUT2D eigenvalue weighted by Crippen LogP contribution is -2.40. The largest absolute Gasteiger partial charge is 0.379 e. The predicted molar refractivity (Wildman–Crippen MR) is 110 cm³/mol. The molecule has 27 heavy (non-hydrogen) atoms. The highest BCUT2D eigenvalue weighted by molar-refractivity contribution is 9.10. The number of aromatic nitrogens is 1. The Kier molecular flexibility index (Phi) is 6.85. The molecule has 1 aromatic carbocycles. The minimum atomic E-state index is -3.55. The van der Waals surface area contributed by atoms with Crippen molar-refractivity contribution in [2.75, 3.05) is 31.6 Å². The van der Waals surface area contributed by atoms with Gasteiger partial charge in [-0.15, -0.1) is 0 Å². The van der Waals surface area contributed by atoms with Gasteiger partial charge in [-0.25, -0.2) is 13.4 Å². The quantitative estimate of drug-likeness (QED) is 0.620. The highest BCUT2D eigenvalue weighted by atomic mass is 79.9. The number of morpholine rings is 1. The fourth-order valence-electron chi connectivity index (χ4n) is 2.75. The lowest BCUT2D eigenvalue weighted by atomic mass is 10.2. The van der Waals surface area contributed by atoms with Crippen molar-refractivity contribution in [2.24, 2.45) is 0 Å². The molecule has 2 heterocycles. The molecule has 1 aliphatic heterocycles. The molecule has 1 aromatic heterocycles. The van der Waals surface area contributed by atoms with E-state index in [4.69, 9.17) is 4.74 Å². The first kappa shape index (κ1) is 20.7. The average molecular weight is 476 g/mol. The van der Waals surface area contributed by atoms with Crippen molar-refractivity contribution in [2.45, 2.75) is 35.9 Å². The molecule has 0 bridgehead atoms. The number of alkyl halides is 1. The van der Waals surface area contributed by atoms with Crippen LogP contribution in [0, 0.1) is 0 Å². The number of fused-ring (bicyclic) bond motifs is 1. The number of sulfonamides is 1. The second kappa shape index (κ2) is 8.95. The summed E-state index contributed by atoms with van der Waals surface area (Å²) < 4.78 is 33.0. The second-order valence-corrected chi connectivity index (χ2v) is 10.3. The van der Waals surface area contributed by atoms with Gasteiger partial charge < -0.3 is 10.1 Å². The van der Waals surface area contributed by atoms with E-state index in [1.807, 2.05) is 0 Å². The van der Waals surface area contributed by atoms with E-state index in [9.17, 15) is 13.2 Å². The topological polar surface area (TPSA) is 88.6 Å². The number of carbonyl (C=O) groups is 1. The number of nitrogens with one attached hydrogen (secondary N) is 1. The van der Waals surface area contributed by atoms with Crippen LogP contribution in [0.15, 0.2) is 23.1 Å². The van der Waals surface area contributed by atoms with Crippen molar-refractivity contribution >= 4 is 58.5 Å². The fraction of sp³-hybridized carbons (Fsp3) is 0.529. The number of benzene rings is 1. The number of carbonyl (C=O) groups excluding carboxylic acids is 1. The summed E-state index contributed by atoms with van der Waals surface area (Å²) in [4.78, 5) is 16.6. The van der Waals surface area contributed by atoms with Gasteiger partial charge in [-0.3, -0.25) is 4.79 Å². The number of thiazole rings is 1. The van der Waals surface area contributed by atoms with Gasteiger partial charge in [0.2, 0.25) is 15.9 Å². The van der Waals surface area contributed by atoms with Crippen molar-refractivity contribution in [3.63, 3.8) is 0 Å². The van der Waals surface area contributed by atoms with Crippen molar-refractivity contribution in [3.8, 4) is 0 Å². The lowest BCUT2D eigenvalue weighted by Gasteiger charge is -2.25. The Hall–Kier alpha value is -1.07. The molecule has 1 amide bonds. The summed E-state index contributed by atoms with van der Waals surface area (Å²) in [5, 5.41) is 3.28. The minimum absolute atomic E-state index is 0.135. The van der Waals surface area contributed by atoms with E-state index in [-0.39, 0.29) is 15.6 Å². The smallest absolute Gasteiger partial charge is 0.243 e. The summed E-state index contributed by atoms with van der Waals surface area (Å²) in [6, 6.07) is 4.86. The van der Waals surface area contributed by atoms with E-state index >= 15 is 0 Å². The monoisotopic (exact) mass is 475 g/mol. The van der Waals surface area contributed by atoms with Gasteiger partial charge in [0, 0.05) is 13.1 Å². The molecule has 10 heteroatoms. The standard InChI is InChI=1S/C17H22BrN3O4S2/c1-2-3-4-13(18)16(22)20-17-19-14-6-5-12(11-15(14)26-17)27(23,24)21-7-9-25-10-8-21/h5-6,11,13H,2-4,7-10H2,1H3,(H,19,20,22). The predicted octanol–water partition coefficient (Wildman–Crippen LogP) is 3.21. The molecule has 3 rings (SSSR count). The van der Waals surface area contributed by atoms with Crippen LogP contribution in [-0.4, -0.2) is 54.7 Å². The van der Waals surface area contributed by atoms with Crippen LogP contribution in [0.5, 0.6) is 0 Å². The van der Waals surface area contributed by atoms with Gasteiger partial charge in [-0.05, 0) is 24.6 Å². The summed E-state index contributed by atoms with van der Waals surface area (Å²) in [6.07, 6.45) is 2.75. The number of hydrogen-bond donors (Lipinski definition) is 1. The highest BCUT2D eigenvalue weighted by Gasteiger charge is 2.27. The lowest BCUT2D eigenvalue weighted by molar-refractivity contribution is -0.115. The molecule has 7 nitrogen and oxygen atoms in total. The van der Waals surface area contributed by atoms with Crippen LogP contribution in [0.4, 0.5) is 5.13 Å². The second-order valence-electron chi connectivity index (χ2n) is 6.26. The van der Waals surface area contributed by atoms with Crippen molar-refractivity contribution in [3.05, 3.63) is 18.2 Å². The molecule has 1 unspecified atom stereocenters. The highest BCUT2D eigenvalue weighted by Crippen LogP contribution is 2.30. The SMILES string of the molecule is CCCCC(Br)C(=O)Nc1nc2ccc(S(=O)(=O)N3CCOCC3)cc2s1. The number of nitrogens with zero attached hydrogens (tertiary/aromatic N) is 2. The molecule has 1 aliphatic rings. The third kappa shape index (κ3) is 4.86. The number of hydrogen-bond acceptors (Lipinski definition) is 6. The third-order valence-corrected chi connectivity index (χ3v) is 8.00. The van der Waals surface area contributed by atoms with Gasteiger partial charge in [0.15, 0.2) is 5.13 Å². The van der Waals surface area contributed by atoms with Crippen LogP contribution < -0.4 is 5.32 Å². The average Bonchev–Trinajstić information content (AvgIpc) is 3.08. The molecule has 0 spiro atoms. The van der Waals surface area contributed by atoms with E-state index in [1.165, 1.54) is 15.6 Å². The normalized spacial score (nSPS) is 17.1. The molecule has 0 aliphatic carbocycles. The Morgan fingerprint density at radius 1 is 1.41 bits per heavy atom. The van der Waals surface area contributed by atoms with E-state index in [0.29, 0.717) is 37.0 Å². The fourth-order valence-corrected chi connectivity index (χ4v) is 5.61. The first-order chi connectivity index (χ1) is 12.9. The zero-order valence-electron chi connectivity index (χ0n) is 15.0.